The Kier molecular flexibility index (Phi) is 4.92. The summed E-state index contributed by atoms with van der Waals surface area (Å²) in [7, 11) is 0. The van der Waals surface area contributed by atoms with Crippen molar-refractivity contribution in [3.05, 3.63) is 23.8 Å². The number of hydrogen-bond donors (Lipinski definition) is 1. The van der Waals surface area contributed by atoms with Crippen LogP contribution in [0.5, 0.6) is 0 Å². The first kappa shape index (κ1) is 14.4. The van der Waals surface area contributed by atoms with Crippen molar-refractivity contribution in [3.63, 3.8) is 0 Å². The molecule has 0 aliphatic heterocycles. The van der Waals surface area contributed by atoms with Crippen molar-refractivity contribution >= 4 is 0 Å². The van der Waals surface area contributed by atoms with Gasteiger partial charge in [0.25, 0.3) is 0 Å². The monoisotopic (exact) mass is 261 g/mol. The van der Waals surface area contributed by atoms with Gasteiger partial charge in [-0.3, -0.25) is 0 Å². The predicted molar refractivity (Wildman–Crippen MR) is 78.9 cm³/mol. The lowest BCUT2D eigenvalue weighted by Gasteiger charge is -2.36. The second-order valence-corrected chi connectivity index (χ2v) is 6.18. The number of rotatable bonds is 4. The highest BCUT2D eigenvalue weighted by Crippen LogP contribution is 2.39. The van der Waals surface area contributed by atoms with Gasteiger partial charge in [-0.2, -0.15) is 0 Å². The lowest BCUT2D eigenvalue weighted by Crippen LogP contribution is -2.34. The summed E-state index contributed by atoms with van der Waals surface area (Å²) in [6.07, 6.45) is 7.78. The molecule has 2 rings (SSSR count). The van der Waals surface area contributed by atoms with Crippen molar-refractivity contribution < 1.29 is 0 Å². The maximum Gasteiger partial charge on any atom is 0.145 e. The van der Waals surface area contributed by atoms with Gasteiger partial charge in [-0.15, -0.1) is 0 Å². The number of hydrogen-bond acceptors (Lipinski definition) is 3. The first-order valence-corrected chi connectivity index (χ1v) is 7.63. The zero-order valence-electron chi connectivity index (χ0n) is 12.7. The van der Waals surface area contributed by atoms with Crippen molar-refractivity contribution in [3.8, 4) is 0 Å². The molecule has 1 aromatic heterocycles. The maximum atomic E-state index is 4.54. The van der Waals surface area contributed by atoms with Crippen LogP contribution in [0.3, 0.4) is 0 Å². The van der Waals surface area contributed by atoms with E-state index in [1.807, 2.05) is 19.3 Å². The molecule has 0 aromatic carbocycles. The lowest BCUT2D eigenvalue weighted by molar-refractivity contribution is 0.168. The molecule has 4 atom stereocenters. The minimum atomic E-state index is 0.320. The van der Waals surface area contributed by atoms with E-state index in [1.165, 1.54) is 19.3 Å². The van der Waals surface area contributed by atoms with Gasteiger partial charge in [-0.25, -0.2) is 9.97 Å². The molecule has 0 bridgehead atoms. The van der Waals surface area contributed by atoms with E-state index in [0.717, 1.165) is 29.8 Å². The Balaban J connectivity index is 2.13. The Labute approximate surface area is 117 Å². The van der Waals surface area contributed by atoms with Crippen LogP contribution in [-0.2, 0) is 0 Å². The van der Waals surface area contributed by atoms with Gasteiger partial charge in [0.15, 0.2) is 0 Å². The van der Waals surface area contributed by atoms with Crippen LogP contribution < -0.4 is 5.32 Å². The van der Waals surface area contributed by atoms with E-state index in [9.17, 15) is 0 Å². The van der Waals surface area contributed by atoms with Crippen molar-refractivity contribution in [2.24, 2.45) is 17.8 Å². The normalized spacial score (nSPS) is 29.2. The molecule has 106 valence electrons. The highest BCUT2D eigenvalue weighted by molar-refractivity contribution is 5.06. The summed E-state index contributed by atoms with van der Waals surface area (Å²) in [5.41, 5.74) is 1.13. The predicted octanol–water partition coefficient (Wildman–Crippen LogP) is 3.51. The van der Waals surface area contributed by atoms with E-state index in [-0.39, 0.29) is 0 Å². The zero-order valence-corrected chi connectivity index (χ0v) is 12.7. The fourth-order valence-electron chi connectivity index (χ4n) is 3.14. The van der Waals surface area contributed by atoms with Crippen molar-refractivity contribution in [1.29, 1.82) is 0 Å². The summed E-state index contributed by atoms with van der Waals surface area (Å²) in [5, 5.41) is 3.60. The Hall–Kier alpha value is -0.960. The van der Waals surface area contributed by atoms with Crippen LogP contribution in [0.1, 0.15) is 57.5 Å². The molecule has 3 heteroatoms. The van der Waals surface area contributed by atoms with Gasteiger partial charge in [0.2, 0.25) is 0 Å². The molecule has 1 fully saturated rings. The Morgan fingerprint density at radius 1 is 1.21 bits per heavy atom. The first-order chi connectivity index (χ1) is 9.11. The van der Waals surface area contributed by atoms with Gasteiger partial charge in [0, 0.05) is 12.4 Å². The summed E-state index contributed by atoms with van der Waals surface area (Å²) in [6.45, 7) is 9.94. The SMILES string of the molecule is CCNC(c1ncc(C)cn1)C1CCC(C)C(C)C1. The quantitative estimate of drug-likeness (QED) is 0.901. The van der Waals surface area contributed by atoms with E-state index in [4.69, 9.17) is 0 Å². The molecule has 1 heterocycles. The molecular weight excluding hydrogens is 234 g/mol. The Morgan fingerprint density at radius 3 is 2.47 bits per heavy atom. The van der Waals surface area contributed by atoms with Crippen LogP contribution in [0, 0.1) is 24.7 Å². The van der Waals surface area contributed by atoms with Gasteiger partial charge in [0.05, 0.1) is 6.04 Å². The summed E-state index contributed by atoms with van der Waals surface area (Å²) in [6, 6.07) is 0.320. The standard InChI is InChI=1S/C16H27N3/c1-5-17-15(16-18-9-11(2)10-19-16)14-7-6-12(3)13(4)8-14/h9-10,12-15,17H,5-8H2,1-4H3. The van der Waals surface area contributed by atoms with Crippen LogP contribution in [0.25, 0.3) is 0 Å². The Bertz CT molecular complexity index is 387. The van der Waals surface area contributed by atoms with Crippen LogP contribution >= 0.6 is 0 Å². The van der Waals surface area contributed by atoms with Crippen LogP contribution in [0.4, 0.5) is 0 Å². The van der Waals surface area contributed by atoms with E-state index >= 15 is 0 Å². The molecule has 0 saturated heterocycles. The highest BCUT2D eigenvalue weighted by atomic mass is 15.0. The number of nitrogens with one attached hydrogen (secondary N) is 1. The van der Waals surface area contributed by atoms with E-state index < -0.39 is 0 Å². The minimum Gasteiger partial charge on any atom is -0.307 e. The summed E-state index contributed by atoms with van der Waals surface area (Å²) in [5.74, 6) is 3.32. The third kappa shape index (κ3) is 3.53. The fraction of sp³-hybridized carbons (Fsp3) is 0.750. The second-order valence-electron chi connectivity index (χ2n) is 6.18. The van der Waals surface area contributed by atoms with Crippen LogP contribution in [-0.4, -0.2) is 16.5 Å². The zero-order chi connectivity index (χ0) is 13.8. The molecule has 0 radical (unpaired) electrons. The molecule has 4 unspecified atom stereocenters. The lowest BCUT2D eigenvalue weighted by atomic mass is 9.73. The molecule has 19 heavy (non-hydrogen) atoms. The first-order valence-electron chi connectivity index (χ1n) is 7.63. The Morgan fingerprint density at radius 2 is 1.89 bits per heavy atom. The minimum absolute atomic E-state index is 0.320. The maximum absolute atomic E-state index is 4.54. The molecule has 0 spiro atoms. The molecule has 1 saturated carbocycles. The van der Waals surface area contributed by atoms with Gasteiger partial charge >= 0.3 is 0 Å². The second kappa shape index (κ2) is 6.47. The van der Waals surface area contributed by atoms with E-state index in [0.29, 0.717) is 12.0 Å². The molecule has 1 aromatic rings. The van der Waals surface area contributed by atoms with E-state index in [2.05, 4.69) is 36.1 Å². The number of aromatic nitrogens is 2. The summed E-state index contributed by atoms with van der Waals surface area (Å²) < 4.78 is 0. The molecule has 1 aliphatic carbocycles. The van der Waals surface area contributed by atoms with Gasteiger partial charge in [-0.05, 0) is 49.6 Å². The summed E-state index contributed by atoms with van der Waals surface area (Å²) in [4.78, 5) is 9.09. The van der Waals surface area contributed by atoms with Gasteiger partial charge in [-0.1, -0.05) is 27.2 Å². The van der Waals surface area contributed by atoms with E-state index in [1.54, 1.807) is 0 Å². The molecular formula is C16H27N3. The van der Waals surface area contributed by atoms with Crippen molar-refractivity contribution in [1.82, 2.24) is 15.3 Å². The summed E-state index contributed by atoms with van der Waals surface area (Å²) >= 11 is 0. The molecule has 0 amide bonds. The molecule has 3 nitrogen and oxygen atoms in total. The molecule has 1 N–H and O–H groups in total. The van der Waals surface area contributed by atoms with Crippen LogP contribution in [0.2, 0.25) is 0 Å². The fourth-order valence-corrected chi connectivity index (χ4v) is 3.14. The smallest absolute Gasteiger partial charge is 0.145 e. The average Bonchev–Trinajstić information content (AvgIpc) is 2.41. The van der Waals surface area contributed by atoms with Crippen molar-refractivity contribution in [2.45, 2.75) is 53.0 Å². The third-order valence-electron chi connectivity index (χ3n) is 4.61. The topological polar surface area (TPSA) is 37.8 Å². The third-order valence-corrected chi connectivity index (χ3v) is 4.61. The largest absolute Gasteiger partial charge is 0.307 e. The van der Waals surface area contributed by atoms with Gasteiger partial charge < -0.3 is 5.32 Å². The highest BCUT2D eigenvalue weighted by Gasteiger charge is 2.31. The number of aryl methyl sites for hydroxylation is 1. The average molecular weight is 261 g/mol. The van der Waals surface area contributed by atoms with Crippen LogP contribution in [0.15, 0.2) is 12.4 Å². The van der Waals surface area contributed by atoms with Crippen molar-refractivity contribution in [2.75, 3.05) is 6.54 Å². The number of nitrogens with zero attached hydrogens (tertiary/aromatic N) is 2. The van der Waals surface area contributed by atoms with Gasteiger partial charge in [0.1, 0.15) is 5.82 Å². The molecule has 1 aliphatic rings.